The summed E-state index contributed by atoms with van der Waals surface area (Å²) >= 11 is 0. The number of aliphatic hydroxyl groups excluding tert-OH is 1. The summed E-state index contributed by atoms with van der Waals surface area (Å²) in [5.41, 5.74) is -1.44. The average Bonchev–Trinajstić information content (AvgIpc) is 3.20. The molecule has 0 bridgehead atoms. The van der Waals surface area contributed by atoms with Crippen LogP contribution in [0.25, 0.3) is 0 Å². The number of rotatable bonds is 4. The molecule has 1 fully saturated rings. The van der Waals surface area contributed by atoms with Gasteiger partial charge in [0.1, 0.15) is 0 Å². The number of amides is 1. The van der Waals surface area contributed by atoms with Crippen molar-refractivity contribution in [3.05, 3.63) is 35.1 Å². The first-order valence-corrected chi connectivity index (χ1v) is 5.96. The van der Waals surface area contributed by atoms with Crippen molar-refractivity contribution in [1.82, 2.24) is 5.32 Å². The lowest BCUT2D eigenvalue weighted by Crippen LogP contribution is -2.51. The van der Waals surface area contributed by atoms with Gasteiger partial charge >= 0.3 is 0 Å². The molecule has 6 heteroatoms. The largest absolute Gasteiger partial charge is 0.394 e. The van der Waals surface area contributed by atoms with Crippen LogP contribution in [0.4, 0.5) is 13.2 Å². The highest BCUT2D eigenvalue weighted by molar-refractivity contribution is 5.95. The molecule has 1 atom stereocenters. The Labute approximate surface area is 108 Å². The van der Waals surface area contributed by atoms with Gasteiger partial charge in [0.25, 0.3) is 5.91 Å². The SMILES string of the molecule is C[C@](CO)(NC(=O)c1ccc(F)c(F)c1F)C1CC1. The Morgan fingerprint density at radius 1 is 1.37 bits per heavy atom. The Morgan fingerprint density at radius 2 is 2.00 bits per heavy atom. The van der Waals surface area contributed by atoms with Crippen LogP contribution < -0.4 is 5.32 Å². The fraction of sp³-hybridized carbons (Fsp3) is 0.462. The number of nitrogens with one attached hydrogen (secondary N) is 1. The van der Waals surface area contributed by atoms with Gasteiger partial charge in [0, 0.05) is 0 Å². The monoisotopic (exact) mass is 273 g/mol. The molecular weight excluding hydrogens is 259 g/mol. The molecule has 1 aliphatic rings. The Balaban J connectivity index is 2.23. The van der Waals surface area contributed by atoms with E-state index in [-0.39, 0.29) is 12.5 Å². The van der Waals surface area contributed by atoms with E-state index in [1.165, 1.54) is 0 Å². The van der Waals surface area contributed by atoms with Gasteiger partial charge < -0.3 is 10.4 Å². The summed E-state index contributed by atoms with van der Waals surface area (Å²) in [6, 6.07) is 1.58. The molecule has 104 valence electrons. The van der Waals surface area contributed by atoms with Crippen LogP contribution in [-0.4, -0.2) is 23.2 Å². The van der Waals surface area contributed by atoms with Gasteiger partial charge in [-0.25, -0.2) is 13.2 Å². The second-order valence-electron chi connectivity index (χ2n) is 5.03. The molecule has 2 N–H and O–H groups in total. The van der Waals surface area contributed by atoms with Crippen molar-refractivity contribution in [3.63, 3.8) is 0 Å². The van der Waals surface area contributed by atoms with Crippen LogP contribution in [0.15, 0.2) is 12.1 Å². The summed E-state index contributed by atoms with van der Waals surface area (Å²) in [5.74, 6) is -5.28. The molecule has 1 aliphatic carbocycles. The highest BCUT2D eigenvalue weighted by Crippen LogP contribution is 2.39. The standard InChI is InChI=1S/C13H14F3NO2/c1-13(6-18,7-2-3-7)17-12(19)8-4-5-9(14)11(16)10(8)15/h4-5,7,18H,2-3,6H2,1H3,(H,17,19)/t13-/m1/s1. The first-order valence-electron chi connectivity index (χ1n) is 5.96. The van der Waals surface area contributed by atoms with Crippen LogP contribution in [0.2, 0.25) is 0 Å². The molecule has 0 aromatic heterocycles. The average molecular weight is 273 g/mol. The Kier molecular flexibility index (Phi) is 3.54. The molecule has 1 aromatic carbocycles. The molecule has 0 saturated heterocycles. The molecular formula is C13H14F3NO2. The molecule has 0 spiro atoms. The lowest BCUT2D eigenvalue weighted by atomic mass is 9.96. The molecule has 0 heterocycles. The lowest BCUT2D eigenvalue weighted by molar-refractivity contribution is 0.0819. The maximum atomic E-state index is 13.5. The number of aliphatic hydroxyl groups is 1. The summed E-state index contributed by atoms with van der Waals surface area (Å²) in [4.78, 5) is 11.9. The maximum absolute atomic E-state index is 13.5. The number of benzene rings is 1. The fourth-order valence-corrected chi connectivity index (χ4v) is 2.02. The van der Waals surface area contributed by atoms with Crippen molar-refractivity contribution in [2.75, 3.05) is 6.61 Å². The summed E-state index contributed by atoms with van der Waals surface area (Å²) in [6.45, 7) is 1.34. The summed E-state index contributed by atoms with van der Waals surface area (Å²) in [7, 11) is 0. The second-order valence-corrected chi connectivity index (χ2v) is 5.03. The first-order chi connectivity index (χ1) is 8.89. The van der Waals surface area contributed by atoms with Crippen LogP contribution >= 0.6 is 0 Å². The van der Waals surface area contributed by atoms with Crippen LogP contribution in [0.3, 0.4) is 0 Å². The minimum Gasteiger partial charge on any atom is -0.394 e. The van der Waals surface area contributed by atoms with Gasteiger partial charge in [0.15, 0.2) is 17.5 Å². The third-order valence-electron chi connectivity index (χ3n) is 3.49. The van der Waals surface area contributed by atoms with Crippen LogP contribution in [0.1, 0.15) is 30.1 Å². The third-order valence-corrected chi connectivity index (χ3v) is 3.49. The smallest absolute Gasteiger partial charge is 0.254 e. The molecule has 1 aromatic rings. The Morgan fingerprint density at radius 3 is 2.53 bits per heavy atom. The third kappa shape index (κ3) is 2.58. The van der Waals surface area contributed by atoms with Gasteiger partial charge in [-0.1, -0.05) is 0 Å². The quantitative estimate of drug-likeness (QED) is 0.824. The molecule has 0 unspecified atom stereocenters. The Bertz CT molecular complexity index is 517. The molecule has 1 amide bonds. The topological polar surface area (TPSA) is 49.3 Å². The van der Waals surface area contributed by atoms with Crippen molar-refractivity contribution in [3.8, 4) is 0 Å². The molecule has 0 radical (unpaired) electrons. The van der Waals surface area contributed by atoms with Crippen molar-refractivity contribution in [1.29, 1.82) is 0 Å². The predicted molar refractivity (Wildman–Crippen MR) is 62.0 cm³/mol. The molecule has 0 aliphatic heterocycles. The van der Waals surface area contributed by atoms with E-state index in [0.29, 0.717) is 6.07 Å². The van der Waals surface area contributed by atoms with Crippen LogP contribution in [0.5, 0.6) is 0 Å². The van der Waals surface area contributed by atoms with Crippen molar-refractivity contribution in [2.24, 2.45) is 5.92 Å². The van der Waals surface area contributed by atoms with Crippen molar-refractivity contribution in [2.45, 2.75) is 25.3 Å². The van der Waals surface area contributed by atoms with E-state index in [4.69, 9.17) is 0 Å². The van der Waals surface area contributed by atoms with E-state index < -0.39 is 34.5 Å². The van der Waals surface area contributed by atoms with E-state index in [9.17, 15) is 23.1 Å². The maximum Gasteiger partial charge on any atom is 0.254 e. The fourth-order valence-electron chi connectivity index (χ4n) is 2.02. The van der Waals surface area contributed by atoms with E-state index in [1.54, 1.807) is 6.92 Å². The predicted octanol–water partition coefficient (Wildman–Crippen LogP) is 1.99. The Hall–Kier alpha value is -1.56. The van der Waals surface area contributed by atoms with Gasteiger partial charge in [-0.05, 0) is 37.8 Å². The molecule has 19 heavy (non-hydrogen) atoms. The summed E-state index contributed by atoms with van der Waals surface area (Å²) < 4.78 is 39.3. The zero-order valence-corrected chi connectivity index (χ0v) is 10.3. The number of hydrogen-bond donors (Lipinski definition) is 2. The van der Waals surface area contributed by atoms with E-state index in [2.05, 4.69) is 5.32 Å². The number of hydrogen-bond acceptors (Lipinski definition) is 2. The van der Waals surface area contributed by atoms with E-state index in [0.717, 1.165) is 18.9 Å². The van der Waals surface area contributed by atoms with Crippen LogP contribution in [0, 0.1) is 23.4 Å². The van der Waals surface area contributed by atoms with Crippen LogP contribution in [-0.2, 0) is 0 Å². The van der Waals surface area contributed by atoms with Gasteiger partial charge in [-0.2, -0.15) is 0 Å². The number of halogens is 3. The zero-order valence-electron chi connectivity index (χ0n) is 10.3. The van der Waals surface area contributed by atoms with Gasteiger partial charge in [-0.3, -0.25) is 4.79 Å². The first kappa shape index (κ1) is 13.9. The van der Waals surface area contributed by atoms with Gasteiger partial charge in [0.05, 0.1) is 17.7 Å². The number of carbonyl (C=O) groups is 1. The highest BCUT2D eigenvalue weighted by atomic mass is 19.2. The summed E-state index contributed by atoms with van der Waals surface area (Å²) in [5, 5.41) is 11.8. The highest BCUT2D eigenvalue weighted by Gasteiger charge is 2.42. The minimum absolute atomic E-state index is 0.120. The zero-order chi connectivity index (χ0) is 14.2. The molecule has 2 rings (SSSR count). The lowest BCUT2D eigenvalue weighted by Gasteiger charge is -2.28. The molecule has 3 nitrogen and oxygen atoms in total. The number of carbonyl (C=O) groups excluding carboxylic acids is 1. The minimum atomic E-state index is -1.68. The van der Waals surface area contributed by atoms with E-state index in [1.807, 2.05) is 0 Å². The normalized spacial score (nSPS) is 17.9. The van der Waals surface area contributed by atoms with Gasteiger partial charge in [-0.15, -0.1) is 0 Å². The molecule has 1 saturated carbocycles. The summed E-state index contributed by atoms with van der Waals surface area (Å²) in [6.07, 6.45) is 1.72. The second kappa shape index (κ2) is 4.85. The van der Waals surface area contributed by atoms with Crippen molar-refractivity contribution >= 4 is 5.91 Å². The van der Waals surface area contributed by atoms with E-state index >= 15 is 0 Å². The van der Waals surface area contributed by atoms with Crippen molar-refractivity contribution < 1.29 is 23.1 Å². The van der Waals surface area contributed by atoms with Gasteiger partial charge in [0.2, 0.25) is 0 Å².